The molecule has 0 radical (unpaired) electrons. The van der Waals surface area contributed by atoms with E-state index in [2.05, 4.69) is 20.3 Å². The molecule has 0 aliphatic carbocycles. The minimum Gasteiger partial charge on any atom is -0.434 e. The molecule has 1 fully saturated rings. The van der Waals surface area contributed by atoms with Gasteiger partial charge in [-0.1, -0.05) is 22.9 Å². The van der Waals surface area contributed by atoms with Gasteiger partial charge in [0.2, 0.25) is 5.06 Å². The standard InChI is InChI=1S/C24H26ClN7O5S/c1-5-36-24(34)37-22-20(16-10-27-12(2)9-28-16)31-23(38-22)32-7-6-15(17(11-32)35-4)30-21(33)19-14(8-26)18(25)13(3)29-19/h9-10,15,17,29H,5-7,11H2,1-4H3,(H,30,33)/t15-,17+/m1/s1. The van der Waals surface area contributed by atoms with E-state index in [1.807, 2.05) is 17.9 Å². The van der Waals surface area contributed by atoms with E-state index < -0.39 is 12.1 Å². The SMILES string of the molecule is CCOC(=O)Oc1sc(N2CC[C@@H](NC(=O)c3[nH]c(C)c(Cl)c3C#N)[C@@H](OC)C2)nc1-c1cnc(C)cn1. The number of hydrogen-bond donors (Lipinski definition) is 2. The number of nitriles is 1. The number of piperidine rings is 1. The predicted molar refractivity (Wildman–Crippen MR) is 140 cm³/mol. The van der Waals surface area contributed by atoms with Crippen molar-refractivity contribution in [3.63, 3.8) is 0 Å². The second-order valence-electron chi connectivity index (χ2n) is 8.48. The van der Waals surface area contributed by atoms with Crippen molar-refractivity contribution in [2.75, 3.05) is 31.7 Å². The third-order valence-corrected chi connectivity index (χ3v) is 7.41. The highest BCUT2D eigenvalue weighted by molar-refractivity contribution is 7.18. The molecule has 2 N–H and O–H groups in total. The highest BCUT2D eigenvalue weighted by Gasteiger charge is 2.34. The van der Waals surface area contributed by atoms with E-state index in [1.165, 1.54) is 11.3 Å². The van der Waals surface area contributed by atoms with Gasteiger partial charge in [-0.15, -0.1) is 0 Å². The summed E-state index contributed by atoms with van der Waals surface area (Å²) in [7, 11) is 1.56. The normalized spacial score (nSPS) is 17.1. The Kier molecular flexibility index (Phi) is 8.45. The van der Waals surface area contributed by atoms with Crippen LogP contribution in [0.15, 0.2) is 12.4 Å². The summed E-state index contributed by atoms with van der Waals surface area (Å²) in [6.07, 6.45) is 2.49. The number of halogens is 1. The van der Waals surface area contributed by atoms with Crippen molar-refractivity contribution in [1.82, 2.24) is 25.3 Å². The van der Waals surface area contributed by atoms with E-state index in [-0.39, 0.29) is 40.1 Å². The van der Waals surface area contributed by atoms with Gasteiger partial charge in [-0.2, -0.15) is 5.26 Å². The highest BCUT2D eigenvalue weighted by Crippen LogP contribution is 2.40. The molecule has 3 aromatic heterocycles. The zero-order chi connectivity index (χ0) is 27.4. The van der Waals surface area contributed by atoms with Gasteiger partial charge in [0, 0.05) is 32.1 Å². The summed E-state index contributed by atoms with van der Waals surface area (Å²) in [6, 6.07) is 1.65. The Morgan fingerprint density at radius 3 is 2.79 bits per heavy atom. The van der Waals surface area contributed by atoms with Crippen LogP contribution >= 0.6 is 22.9 Å². The van der Waals surface area contributed by atoms with E-state index in [4.69, 9.17) is 30.8 Å². The third-order valence-electron chi connectivity index (χ3n) is 5.95. The van der Waals surface area contributed by atoms with Crippen LogP contribution in [0.3, 0.4) is 0 Å². The van der Waals surface area contributed by atoms with Gasteiger partial charge >= 0.3 is 6.16 Å². The maximum absolute atomic E-state index is 13.0. The number of hydrogen-bond acceptors (Lipinski definition) is 11. The first-order valence-corrected chi connectivity index (χ1v) is 13.0. The summed E-state index contributed by atoms with van der Waals surface area (Å²) in [4.78, 5) is 43.2. The molecule has 1 saturated heterocycles. The molecule has 0 aromatic carbocycles. The minimum absolute atomic E-state index is 0.108. The largest absolute Gasteiger partial charge is 0.514 e. The molecule has 14 heteroatoms. The number of rotatable bonds is 7. The Morgan fingerprint density at radius 2 is 2.13 bits per heavy atom. The van der Waals surface area contributed by atoms with Crippen LogP contribution in [0.4, 0.5) is 9.93 Å². The maximum atomic E-state index is 13.0. The van der Waals surface area contributed by atoms with E-state index in [0.717, 1.165) is 5.69 Å². The fourth-order valence-electron chi connectivity index (χ4n) is 4.01. The van der Waals surface area contributed by atoms with Crippen LogP contribution in [0.25, 0.3) is 11.4 Å². The quantitative estimate of drug-likeness (QED) is 0.410. The van der Waals surface area contributed by atoms with Crippen molar-refractivity contribution in [3.05, 3.63) is 40.1 Å². The number of ether oxygens (including phenoxy) is 3. The maximum Gasteiger partial charge on any atom is 0.514 e. The lowest BCUT2D eigenvalue weighted by molar-refractivity contribution is 0.0540. The number of anilines is 1. The summed E-state index contributed by atoms with van der Waals surface area (Å²) in [5.74, 6) is -0.434. The minimum atomic E-state index is -0.836. The first-order valence-electron chi connectivity index (χ1n) is 11.8. The van der Waals surface area contributed by atoms with Crippen molar-refractivity contribution in [3.8, 4) is 22.5 Å². The van der Waals surface area contributed by atoms with Gasteiger partial charge in [0.05, 0.1) is 35.7 Å². The molecule has 4 heterocycles. The topological polar surface area (TPSA) is 155 Å². The van der Waals surface area contributed by atoms with Crippen LogP contribution in [-0.4, -0.2) is 71.0 Å². The van der Waals surface area contributed by atoms with Crippen LogP contribution in [0.5, 0.6) is 5.06 Å². The Morgan fingerprint density at radius 1 is 1.34 bits per heavy atom. The average Bonchev–Trinajstić information content (AvgIpc) is 3.45. The van der Waals surface area contributed by atoms with E-state index >= 15 is 0 Å². The fraction of sp³-hybridized carbons (Fsp3) is 0.417. The highest BCUT2D eigenvalue weighted by atomic mass is 35.5. The summed E-state index contributed by atoms with van der Waals surface area (Å²) in [6.45, 7) is 6.31. The molecule has 4 rings (SSSR count). The fourth-order valence-corrected chi connectivity index (χ4v) is 5.15. The number of aromatic amines is 1. The molecule has 0 spiro atoms. The number of nitrogens with one attached hydrogen (secondary N) is 2. The van der Waals surface area contributed by atoms with Crippen molar-refractivity contribution < 1.29 is 23.8 Å². The zero-order valence-electron chi connectivity index (χ0n) is 21.2. The molecular weight excluding hydrogens is 534 g/mol. The molecular formula is C24H26ClN7O5S. The summed E-state index contributed by atoms with van der Waals surface area (Å²) in [5, 5.41) is 13.4. The number of H-pyrrole nitrogens is 1. The molecule has 12 nitrogen and oxygen atoms in total. The Bertz CT molecular complexity index is 1370. The zero-order valence-corrected chi connectivity index (χ0v) is 22.8. The number of carbonyl (C=O) groups excluding carboxylic acids is 2. The van der Waals surface area contributed by atoms with E-state index in [0.29, 0.717) is 41.7 Å². The number of methoxy groups -OCH3 is 1. The monoisotopic (exact) mass is 559 g/mol. The van der Waals surface area contributed by atoms with Gasteiger partial charge in [0.1, 0.15) is 28.7 Å². The molecule has 1 aliphatic heterocycles. The summed E-state index contributed by atoms with van der Waals surface area (Å²) >= 11 is 7.32. The number of carbonyl (C=O) groups is 2. The van der Waals surface area contributed by atoms with Gasteiger partial charge in [-0.3, -0.25) is 14.8 Å². The Labute approximate surface area is 227 Å². The first-order chi connectivity index (χ1) is 18.2. The van der Waals surface area contributed by atoms with Crippen LogP contribution in [0, 0.1) is 25.2 Å². The number of thiazole rings is 1. The summed E-state index contributed by atoms with van der Waals surface area (Å²) < 4.78 is 16.1. The van der Waals surface area contributed by atoms with Gasteiger partial charge in [-0.05, 0) is 27.2 Å². The van der Waals surface area contributed by atoms with Gasteiger partial charge in [0.15, 0.2) is 5.13 Å². The molecule has 0 saturated carbocycles. The average molecular weight is 560 g/mol. The second-order valence-corrected chi connectivity index (χ2v) is 9.79. The van der Waals surface area contributed by atoms with Crippen LogP contribution in [0.2, 0.25) is 5.02 Å². The van der Waals surface area contributed by atoms with Crippen molar-refractivity contribution in [2.24, 2.45) is 0 Å². The molecule has 0 unspecified atom stereocenters. The van der Waals surface area contributed by atoms with Crippen LogP contribution in [-0.2, 0) is 9.47 Å². The molecule has 200 valence electrons. The van der Waals surface area contributed by atoms with Gasteiger partial charge < -0.3 is 29.4 Å². The lowest BCUT2D eigenvalue weighted by atomic mass is 10.0. The molecule has 2 atom stereocenters. The predicted octanol–water partition coefficient (Wildman–Crippen LogP) is 3.63. The molecule has 38 heavy (non-hydrogen) atoms. The second kappa shape index (κ2) is 11.8. The number of aryl methyl sites for hydroxylation is 2. The molecule has 0 bridgehead atoms. The lowest BCUT2D eigenvalue weighted by Crippen LogP contribution is -2.55. The molecule has 3 aromatic rings. The van der Waals surface area contributed by atoms with Crippen molar-refractivity contribution in [1.29, 1.82) is 5.26 Å². The molecule has 1 aliphatic rings. The Balaban J connectivity index is 1.53. The van der Waals surface area contributed by atoms with Gasteiger partial charge in [-0.25, -0.2) is 9.78 Å². The van der Waals surface area contributed by atoms with Crippen molar-refractivity contribution in [2.45, 2.75) is 39.3 Å². The van der Waals surface area contributed by atoms with Crippen molar-refractivity contribution >= 4 is 40.1 Å². The van der Waals surface area contributed by atoms with Crippen LogP contribution in [0.1, 0.15) is 40.8 Å². The molecule has 1 amide bonds. The lowest BCUT2D eigenvalue weighted by Gasteiger charge is -2.37. The Hall–Kier alpha value is -3.73. The number of amides is 1. The van der Waals surface area contributed by atoms with Crippen LogP contribution < -0.4 is 15.0 Å². The van der Waals surface area contributed by atoms with E-state index in [1.54, 1.807) is 33.4 Å². The third kappa shape index (κ3) is 5.72. The first kappa shape index (κ1) is 27.3. The smallest absolute Gasteiger partial charge is 0.434 e. The van der Waals surface area contributed by atoms with E-state index in [9.17, 15) is 14.9 Å². The number of aromatic nitrogens is 4. The van der Waals surface area contributed by atoms with Gasteiger partial charge in [0.25, 0.3) is 5.91 Å². The number of nitrogens with zero attached hydrogens (tertiary/aromatic N) is 5. The summed E-state index contributed by atoms with van der Waals surface area (Å²) in [5.41, 5.74) is 2.34.